The van der Waals surface area contributed by atoms with Gasteiger partial charge in [0.15, 0.2) is 0 Å². The zero-order valence-corrected chi connectivity index (χ0v) is 13.9. The normalized spacial score (nSPS) is 21.2. The number of carbonyl (C=O) groups is 1. The van der Waals surface area contributed by atoms with Crippen molar-refractivity contribution in [2.75, 3.05) is 33.7 Å². The lowest BCUT2D eigenvalue weighted by atomic mass is 9.91. The Labute approximate surface area is 140 Å². The third-order valence-corrected chi connectivity index (χ3v) is 4.20. The van der Waals surface area contributed by atoms with E-state index < -0.39 is 5.60 Å². The predicted molar refractivity (Wildman–Crippen MR) is 88.3 cm³/mol. The first-order valence-electron chi connectivity index (χ1n) is 7.98. The highest BCUT2D eigenvalue weighted by molar-refractivity contribution is 6.00. The zero-order chi connectivity index (χ0) is 17.2. The Kier molecular flexibility index (Phi) is 4.59. The summed E-state index contributed by atoms with van der Waals surface area (Å²) in [4.78, 5) is 16.7. The lowest BCUT2D eigenvalue weighted by Crippen LogP contribution is -2.54. The van der Waals surface area contributed by atoms with Crippen molar-refractivity contribution in [1.29, 1.82) is 0 Å². The number of aromatic amines is 1. The van der Waals surface area contributed by atoms with Gasteiger partial charge in [0.1, 0.15) is 0 Å². The zero-order valence-electron chi connectivity index (χ0n) is 13.9. The van der Waals surface area contributed by atoms with Crippen molar-refractivity contribution in [3.05, 3.63) is 29.8 Å². The molecule has 1 amide bonds. The molecular formula is C16H22N6O2. The summed E-state index contributed by atoms with van der Waals surface area (Å²) in [6.07, 6.45) is 1.47. The van der Waals surface area contributed by atoms with E-state index >= 15 is 0 Å². The summed E-state index contributed by atoms with van der Waals surface area (Å²) in [5, 5.41) is 24.7. The molecule has 0 aliphatic carbocycles. The van der Waals surface area contributed by atoms with Gasteiger partial charge in [-0.1, -0.05) is 18.2 Å². The van der Waals surface area contributed by atoms with Crippen LogP contribution >= 0.6 is 0 Å². The number of tetrazole rings is 1. The number of β-amino-alcohol motifs (C(OH)–C–C–N with tert-alkyl or cyclic N) is 1. The molecule has 0 radical (unpaired) electrons. The standard InChI is InChI=1S/C16H22N6O2/c1-21(2)10-16(24)8-5-9-22(11-16)15(23)13-7-4-3-6-12(13)14-17-19-20-18-14/h3-4,6-7,24H,5,8-11H2,1-2H3,(H,17,18,19,20). The number of aliphatic hydroxyl groups is 1. The molecule has 24 heavy (non-hydrogen) atoms. The minimum atomic E-state index is -0.876. The van der Waals surface area contributed by atoms with Crippen LogP contribution in [0.25, 0.3) is 11.4 Å². The fourth-order valence-corrected chi connectivity index (χ4v) is 3.31. The molecular weight excluding hydrogens is 308 g/mol. The van der Waals surface area contributed by atoms with Crippen LogP contribution in [0.2, 0.25) is 0 Å². The fourth-order valence-electron chi connectivity index (χ4n) is 3.31. The molecule has 1 aliphatic rings. The number of nitrogens with one attached hydrogen (secondary N) is 1. The van der Waals surface area contributed by atoms with E-state index in [2.05, 4.69) is 20.6 Å². The number of nitrogens with zero attached hydrogens (tertiary/aromatic N) is 5. The third-order valence-electron chi connectivity index (χ3n) is 4.20. The Hall–Kier alpha value is -2.32. The Morgan fingerprint density at radius 2 is 2.21 bits per heavy atom. The van der Waals surface area contributed by atoms with Gasteiger partial charge in [-0.05, 0) is 38.2 Å². The average Bonchev–Trinajstić information content (AvgIpc) is 3.07. The second-order valence-corrected chi connectivity index (χ2v) is 6.57. The van der Waals surface area contributed by atoms with Gasteiger partial charge in [0.05, 0.1) is 17.7 Å². The summed E-state index contributed by atoms with van der Waals surface area (Å²) in [5.41, 5.74) is 0.282. The maximum absolute atomic E-state index is 13.0. The van der Waals surface area contributed by atoms with Crippen LogP contribution in [0.4, 0.5) is 0 Å². The third kappa shape index (κ3) is 3.44. The lowest BCUT2D eigenvalue weighted by molar-refractivity contribution is -0.0391. The van der Waals surface area contributed by atoms with Crippen LogP contribution in [-0.4, -0.2) is 80.8 Å². The molecule has 1 unspecified atom stereocenters. The quantitative estimate of drug-likeness (QED) is 0.842. The number of carbonyl (C=O) groups excluding carboxylic acids is 1. The maximum atomic E-state index is 13.0. The number of aromatic nitrogens is 4. The molecule has 2 N–H and O–H groups in total. The van der Waals surface area contributed by atoms with Crippen LogP contribution in [0, 0.1) is 0 Å². The summed E-state index contributed by atoms with van der Waals surface area (Å²) < 4.78 is 0. The Morgan fingerprint density at radius 1 is 1.42 bits per heavy atom. The van der Waals surface area contributed by atoms with Crippen molar-refractivity contribution < 1.29 is 9.90 Å². The van der Waals surface area contributed by atoms with Crippen LogP contribution in [0.1, 0.15) is 23.2 Å². The molecule has 1 aliphatic heterocycles. The van der Waals surface area contributed by atoms with Gasteiger partial charge in [0.25, 0.3) is 5.91 Å². The number of hydrogen-bond acceptors (Lipinski definition) is 6. The second-order valence-electron chi connectivity index (χ2n) is 6.57. The van der Waals surface area contributed by atoms with Crippen LogP contribution < -0.4 is 0 Å². The summed E-state index contributed by atoms with van der Waals surface area (Å²) in [7, 11) is 3.84. The first kappa shape index (κ1) is 16.5. The molecule has 1 saturated heterocycles. The maximum Gasteiger partial charge on any atom is 0.254 e. The fraction of sp³-hybridized carbons (Fsp3) is 0.500. The second kappa shape index (κ2) is 6.66. The van der Waals surface area contributed by atoms with Gasteiger partial charge >= 0.3 is 0 Å². The van der Waals surface area contributed by atoms with Gasteiger partial charge in [-0.2, -0.15) is 5.21 Å². The lowest BCUT2D eigenvalue weighted by Gasteiger charge is -2.40. The molecule has 8 nitrogen and oxygen atoms in total. The highest BCUT2D eigenvalue weighted by atomic mass is 16.3. The molecule has 128 valence electrons. The number of likely N-dealkylation sites (N-methyl/N-ethyl adjacent to an activating group) is 1. The topological polar surface area (TPSA) is 98.2 Å². The minimum absolute atomic E-state index is 0.118. The summed E-state index contributed by atoms with van der Waals surface area (Å²) in [5.74, 6) is 0.270. The van der Waals surface area contributed by atoms with Gasteiger partial charge in [-0.25, -0.2) is 0 Å². The summed E-state index contributed by atoms with van der Waals surface area (Å²) >= 11 is 0. The Bertz CT molecular complexity index is 702. The molecule has 1 aromatic carbocycles. The van der Waals surface area contributed by atoms with Crippen molar-refractivity contribution in [1.82, 2.24) is 30.4 Å². The minimum Gasteiger partial charge on any atom is -0.387 e. The molecule has 0 bridgehead atoms. The van der Waals surface area contributed by atoms with E-state index in [4.69, 9.17) is 0 Å². The SMILES string of the molecule is CN(C)CC1(O)CCCN(C(=O)c2ccccc2-c2nn[nH]n2)C1. The average molecular weight is 330 g/mol. The van der Waals surface area contributed by atoms with Crippen LogP contribution in [0.15, 0.2) is 24.3 Å². The summed E-state index contributed by atoms with van der Waals surface area (Å²) in [6.45, 7) is 1.49. The molecule has 3 rings (SSSR count). The van der Waals surface area contributed by atoms with Crippen LogP contribution in [0.5, 0.6) is 0 Å². The summed E-state index contributed by atoms with van der Waals surface area (Å²) in [6, 6.07) is 7.20. The van der Waals surface area contributed by atoms with Gasteiger partial charge in [0.2, 0.25) is 5.82 Å². The van der Waals surface area contributed by atoms with Gasteiger partial charge in [-0.15, -0.1) is 10.2 Å². The molecule has 0 saturated carbocycles. The molecule has 0 spiro atoms. The first-order valence-corrected chi connectivity index (χ1v) is 7.98. The number of piperidine rings is 1. The van der Waals surface area contributed by atoms with Crippen LogP contribution in [-0.2, 0) is 0 Å². The largest absolute Gasteiger partial charge is 0.387 e. The number of benzene rings is 1. The van der Waals surface area contributed by atoms with Crippen molar-refractivity contribution in [3.63, 3.8) is 0 Å². The van der Waals surface area contributed by atoms with E-state index in [0.29, 0.717) is 43.0 Å². The van der Waals surface area contributed by atoms with E-state index in [1.165, 1.54) is 0 Å². The van der Waals surface area contributed by atoms with Crippen LogP contribution in [0.3, 0.4) is 0 Å². The Morgan fingerprint density at radius 3 is 2.92 bits per heavy atom. The van der Waals surface area contributed by atoms with E-state index in [9.17, 15) is 9.90 Å². The first-order chi connectivity index (χ1) is 11.5. The van der Waals surface area contributed by atoms with Crippen molar-refractivity contribution in [3.8, 4) is 11.4 Å². The van der Waals surface area contributed by atoms with E-state index in [1.54, 1.807) is 17.0 Å². The van der Waals surface area contributed by atoms with Gasteiger partial charge in [0, 0.05) is 18.7 Å². The van der Waals surface area contributed by atoms with Crippen molar-refractivity contribution >= 4 is 5.91 Å². The number of hydrogen-bond donors (Lipinski definition) is 2. The smallest absolute Gasteiger partial charge is 0.254 e. The van der Waals surface area contributed by atoms with Gasteiger partial charge < -0.3 is 14.9 Å². The highest BCUT2D eigenvalue weighted by Crippen LogP contribution is 2.26. The number of rotatable bonds is 4. The highest BCUT2D eigenvalue weighted by Gasteiger charge is 2.36. The predicted octanol–water partition coefficient (Wildman–Crippen LogP) is 0.395. The molecule has 1 fully saturated rings. The molecule has 2 heterocycles. The Balaban J connectivity index is 1.85. The number of likely N-dealkylation sites (tertiary alicyclic amines) is 1. The number of H-pyrrole nitrogens is 1. The van der Waals surface area contributed by atoms with E-state index in [0.717, 1.165) is 6.42 Å². The molecule has 1 atom stereocenters. The van der Waals surface area contributed by atoms with Gasteiger partial charge in [-0.3, -0.25) is 4.79 Å². The van der Waals surface area contributed by atoms with Crippen molar-refractivity contribution in [2.45, 2.75) is 18.4 Å². The molecule has 2 aromatic rings. The molecule has 8 heteroatoms. The monoisotopic (exact) mass is 330 g/mol. The van der Waals surface area contributed by atoms with E-state index in [1.807, 2.05) is 31.1 Å². The molecule has 1 aromatic heterocycles. The van der Waals surface area contributed by atoms with Crippen molar-refractivity contribution in [2.24, 2.45) is 0 Å². The number of amides is 1. The van der Waals surface area contributed by atoms with E-state index in [-0.39, 0.29) is 5.91 Å².